The van der Waals surface area contributed by atoms with Crippen LogP contribution in [0.5, 0.6) is 0 Å². The molecule has 0 bridgehead atoms. The third-order valence-corrected chi connectivity index (χ3v) is 5.64. The fourth-order valence-corrected chi connectivity index (χ4v) is 4.05. The largest absolute Gasteiger partial charge is 0.324 e. The molecular weight excluding hydrogens is 403 g/mol. The van der Waals surface area contributed by atoms with Crippen LogP contribution in [0.1, 0.15) is 17.5 Å². The van der Waals surface area contributed by atoms with Crippen molar-refractivity contribution >= 4 is 33.1 Å². The van der Waals surface area contributed by atoms with Gasteiger partial charge in [0.2, 0.25) is 5.91 Å². The van der Waals surface area contributed by atoms with Gasteiger partial charge in [0, 0.05) is 11.3 Å². The van der Waals surface area contributed by atoms with Gasteiger partial charge in [0.15, 0.2) is 5.52 Å². The highest BCUT2D eigenvalue weighted by Gasteiger charge is 2.18. The summed E-state index contributed by atoms with van der Waals surface area (Å²) in [6.45, 7) is 3.60. The molecule has 0 aliphatic carbocycles. The number of carbonyl (C=O) groups is 1. The Balaban J connectivity index is 1.69. The topological polar surface area (TPSA) is 76.9 Å². The number of carbonyl (C=O) groups excluding carboxylic acids is 1. The third-order valence-electron chi connectivity index (χ3n) is 4.66. The predicted molar refractivity (Wildman–Crippen MR) is 116 cm³/mol. The van der Waals surface area contributed by atoms with Crippen LogP contribution in [0.4, 0.5) is 10.1 Å². The number of fused-ring (bicyclic) bond motifs is 1. The minimum absolute atomic E-state index is 0.255. The Bertz CT molecular complexity index is 1280. The van der Waals surface area contributed by atoms with Crippen LogP contribution in [-0.2, 0) is 17.8 Å². The fraction of sp³-hybridized carbons (Fsp3) is 0.182. The molecule has 1 N–H and O–H groups in total. The van der Waals surface area contributed by atoms with Gasteiger partial charge in [-0.2, -0.15) is 5.10 Å². The SMILES string of the molecule is CCc1ccc(NC(=O)Cn2nc(-c3ccc(F)cc3)c3sc(C)nc3c2=O)cc1. The minimum Gasteiger partial charge on any atom is -0.324 e. The molecule has 0 atom stereocenters. The highest BCUT2D eigenvalue weighted by Crippen LogP contribution is 2.29. The van der Waals surface area contributed by atoms with Gasteiger partial charge in [0.05, 0.1) is 9.71 Å². The molecule has 0 aliphatic heterocycles. The number of rotatable bonds is 5. The maximum atomic E-state index is 13.4. The summed E-state index contributed by atoms with van der Waals surface area (Å²) >= 11 is 1.34. The number of thiazole rings is 1. The second kappa shape index (κ2) is 8.16. The van der Waals surface area contributed by atoms with Gasteiger partial charge in [0.25, 0.3) is 5.56 Å². The number of halogens is 1. The number of nitrogens with zero attached hydrogens (tertiary/aromatic N) is 3. The number of amides is 1. The average molecular weight is 422 g/mol. The molecule has 2 aromatic carbocycles. The molecule has 0 fully saturated rings. The maximum absolute atomic E-state index is 13.4. The molecule has 0 radical (unpaired) electrons. The number of benzene rings is 2. The number of anilines is 1. The van der Waals surface area contributed by atoms with Crippen molar-refractivity contribution in [3.05, 3.63) is 75.3 Å². The lowest BCUT2D eigenvalue weighted by molar-refractivity contribution is -0.117. The minimum atomic E-state index is -0.434. The van der Waals surface area contributed by atoms with E-state index in [4.69, 9.17) is 0 Å². The highest BCUT2D eigenvalue weighted by atomic mass is 32.1. The number of nitrogens with one attached hydrogen (secondary N) is 1. The smallest absolute Gasteiger partial charge is 0.294 e. The summed E-state index contributed by atoms with van der Waals surface area (Å²) in [5, 5.41) is 7.91. The van der Waals surface area contributed by atoms with Gasteiger partial charge in [-0.15, -0.1) is 11.3 Å². The standard InChI is InChI=1S/C22H19FN4O2S/c1-3-14-4-10-17(11-5-14)25-18(28)12-27-22(29)20-21(30-13(2)24-20)19(26-27)15-6-8-16(23)9-7-15/h4-11H,3,12H2,1-2H3,(H,25,28). The summed E-state index contributed by atoms with van der Waals surface area (Å²) < 4.78 is 15.1. The van der Waals surface area contributed by atoms with Crippen LogP contribution in [-0.4, -0.2) is 20.7 Å². The fourth-order valence-electron chi connectivity index (χ4n) is 3.13. The Morgan fingerprint density at radius 3 is 2.50 bits per heavy atom. The van der Waals surface area contributed by atoms with E-state index in [0.717, 1.165) is 11.1 Å². The Morgan fingerprint density at radius 2 is 1.83 bits per heavy atom. The van der Waals surface area contributed by atoms with Crippen LogP contribution in [0.3, 0.4) is 0 Å². The molecule has 8 heteroatoms. The van der Waals surface area contributed by atoms with Crippen LogP contribution in [0.25, 0.3) is 21.5 Å². The molecular formula is C22H19FN4O2S. The first-order chi connectivity index (χ1) is 14.4. The number of hydrogen-bond donors (Lipinski definition) is 1. The third kappa shape index (κ3) is 3.99. The normalized spacial score (nSPS) is 11.0. The van der Waals surface area contributed by atoms with Crippen molar-refractivity contribution < 1.29 is 9.18 Å². The van der Waals surface area contributed by atoms with E-state index in [1.165, 1.54) is 29.0 Å². The summed E-state index contributed by atoms with van der Waals surface area (Å²) in [6, 6.07) is 13.4. The molecule has 0 saturated heterocycles. The molecule has 0 aliphatic rings. The Hall–Kier alpha value is -3.39. The van der Waals surface area contributed by atoms with Gasteiger partial charge in [-0.25, -0.2) is 14.1 Å². The first-order valence-electron chi connectivity index (χ1n) is 9.47. The average Bonchev–Trinajstić information content (AvgIpc) is 3.13. The second-order valence-electron chi connectivity index (χ2n) is 6.83. The predicted octanol–water partition coefficient (Wildman–Crippen LogP) is 4.17. The number of aromatic nitrogens is 3. The van der Waals surface area contributed by atoms with E-state index >= 15 is 0 Å². The molecule has 0 unspecified atom stereocenters. The van der Waals surface area contributed by atoms with Crippen molar-refractivity contribution in [1.82, 2.24) is 14.8 Å². The number of aryl methyl sites for hydroxylation is 2. The van der Waals surface area contributed by atoms with Crippen LogP contribution in [0.15, 0.2) is 53.3 Å². The zero-order valence-electron chi connectivity index (χ0n) is 16.5. The number of hydrogen-bond acceptors (Lipinski definition) is 5. The molecule has 2 heterocycles. The van der Waals surface area contributed by atoms with Crippen molar-refractivity contribution in [3.63, 3.8) is 0 Å². The molecule has 2 aromatic heterocycles. The highest BCUT2D eigenvalue weighted by molar-refractivity contribution is 7.19. The molecule has 0 saturated carbocycles. The molecule has 1 amide bonds. The first kappa shape index (κ1) is 19.9. The summed E-state index contributed by atoms with van der Waals surface area (Å²) in [5.74, 6) is -0.734. The van der Waals surface area contributed by atoms with Crippen molar-refractivity contribution in [2.24, 2.45) is 0 Å². The Labute approximate surface area is 176 Å². The van der Waals surface area contributed by atoms with Gasteiger partial charge >= 0.3 is 0 Å². The van der Waals surface area contributed by atoms with Crippen LogP contribution < -0.4 is 10.9 Å². The van der Waals surface area contributed by atoms with Crippen molar-refractivity contribution in [2.75, 3.05) is 5.32 Å². The van der Waals surface area contributed by atoms with Gasteiger partial charge in [-0.3, -0.25) is 9.59 Å². The van der Waals surface area contributed by atoms with E-state index in [-0.39, 0.29) is 23.8 Å². The molecule has 4 aromatic rings. The molecule has 30 heavy (non-hydrogen) atoms. The summed E-state index contributed by atoms with van der Waals surface area (Å²) in [6.07, 6.45) is 0.909. The quantitative estimate of drug-likeness (QED) is 0.524. The van der Waals surface area contributed by atoms with Gasteiger partial charge in [-0.1, -0.05) is 19.1 Å². The van der Waals surface area contributed by atoms with Crippen molar-refractivity contribution in [2.45, 2.75) is 26.8 Å². The molecule has 4 rings (SSSR count). The van der Waals surface area contributed by atoms with E-state index in [9.17, 15) is 14.0 Å². The van der Waals surface area contributed by atoms with E-state index in [1.54, 1.807) is 19.1 Å². The Kier molecular flexibility index (Phi) is 5.41. The Morgan fingerprint density at radius 1 is 1.13 bits per heavy atom. The van der Waals surface area contributed by atoms with Crippen LogP contribution in [0, 0.1) is 12.7 Å². The monoisotopic (exact) mass is 422 g/mol. The molecule has 6 nitrogen and oxygen atoms in total. The van der Waals surface area contributed by atoms with Gasteiger partial charge < -0.3 is 5.32 Å². The van der Waals surface area contributed by atoms with E-state index in [2.05, 4.69) is 22.3 Å². The summed E-state index contributed by atoms with van der Waals surface area (Å²) in [4.78, 5) is 29.7. The van der Waals surface area contributed by atoms with Gasteiger partial charge in [0.1, 0.15) is 18.1 Å². The zero-order valence-corrected chi connectivity index (χ0v) is 17.3. The first-order valence-corrected chi connectivity index (χ1v) is 10.3. The van der Waals surface area contributed by atoms with Crippen molar-refractivity contribution in [3.8, 4) is 11.3 Å². The molecule has 152 valence electrons. The maximum Gasteiger partial charge on any atom is 0.294 e. The van der Waals surface area contributed by atoms with Crippen LogP contribution >= 0.6 is 11.3 Å². The summed E-state index contributed by atoms with van der Waals surface area (Å²) in [7, 11) is 0. The van der Waals surface area contributed by atoms with E-state index < -0.39 is 5.56 Å². The second-order valence-corrected chi connectivity index (χ2v) is 8.03. The summed E-state index contributed by atoms with van der Waals surface area (Å²) in [5.41, 5.74) is 2.78. The van der Waals surface area contributed by atoms with E-state index in [0.29, 0.717) is 26.7 Å². The van der Waals surface area contributed by atoms with E-state index in [1.807, 2.05) is 24.3 Å². The van der Waals surface area contributed by atoms with Gasteiger partial charge in [-0.05, 0) is 55.3 Å². The van der Waals surface area contributed by atoms with Crippen LogP contribution in [0.2, 0.25) is 0 Å². The molecule has 0 spiro atoms. The lowest BCUT2D eigenvalue weighted by Gasteiger charge is -2.10. The van der Waals surface area contributed by atoms with Crippen molar-refractivity contribution in [1.29, 1.82) is 0 Å². The zero-order chi connectivity index (χ0) is 21.3. The lowest BCUT2D eigenvalue weighted by Crippen LogP contribution is -2.30. The lowest BCUT2D eigenvalue weighted by atomic mass is 10.1.